The van der Waals surface area contributed by atoms with Crippen LogP contribution in [0.25, 0.3) is 0 Å². The molecule has 0 unspecified atom stereocenters. The van der Waals surface area contributed by atoms with Crippen molar-refractivity contribution in [2.24, 2.45) is 0 Å². The van der Waals surface area contributed by atoms with Crippen LogP contribution in [0.5, 0.6) is 0 Å². The molecule has 0 N–H and O–H groups in total. The molecular formula is C34H31O12P2S4-. The van der Waals surface area contributed by atoms with Crippen LogP contribution in [0.2, 0.25) is 0 Å². The number of benzene rings is 4. The van der Waals surface area contributed by atoms with E-state index in [1.54, 1.807) is 0 Å². The van der Waals surface area contributed by atoms with Crippen LogP contribution in [0.4, 0.5) is 0 Å². The van der Waals surface area contributed by atoms with E-state index in [1.807, 2.05) is 42.5 Å². The number of hydrogen-bond donors (Lipinski definition) is 0. The third-order valence-corrected chi connectivity index (χ3v) is 11.0. The van der Waals surface area contributed by atoms with Crippen LogP contribution in [0.15, 0.2) is 164 Å². The van der Waals surface area contributed by atoms with Gasteiger partial charge in [-0.25, -0.2) is 0 Å². The molecule has 0 atom stereocenters. The molecule has 0 amide bonds. The molecule has 18 heteroatoms. The van der Waals surface area contributed by atoms with E-state index < -0.39 is 42.4 Å². The van der Waals surface area contributed by atoms with E-state index in [-0.39, 0.29) is 15.8 Å². The van der Waals surface area contributed by atoms with Gasteiger partial charge >= 0.3 is 42.4 Å². The van der Waals surface area contributed by atoms with Crippen molar-refractivity contribution in [3.05, 3.63) is 170 Å². The summed E-state index contributed by atoms with van der Waals surface area (Å²) in [6.45, 7) is 0. The van der Waals surface area contributed by atoms with Gasteiger partial charge in [0.25, 0.3) is 0 Å². The van der Waals surface area contributed by atoms with Gasteiger partial charge in [0, 0.05) is 0 Å². The summed E-state index contributed by atoms with van der Waals surface area (Å²) in [4.78, 5) is 0. The van der Waals surface area contributed by atoms with Gasteiger partial charge in [-0.15, -0.1) is 62.7 Å². The van der Waals surface area contributed by atoms with Gasteiger partial charge in [0.15, 0.2) is 0 Å². The zero-order valence-corrected chi connectivity index (χ0v) is 32.0. The smallest absolute Gasteiger partial charge is 0.184 e. The quantitative estimate of drug-likeness (QED) is 0.195. The molecule has 0 bridgehead atoms. The zero-order chi connectivity index (χ0) is 39.0. The van der Waals surface area contributed by atoms with Gasteiger partial charge < -0.3 is 0 Å². The van der Waals surface area contributed by atoms with E-state index in [2.05, 4.69) is 127 Å². The fourth-order valence-corrected chi connectivity index (χ4v) is 9.27. The summed E-state index contributed by atoms with van der Waals surface area (Å²) >= 11 is 0. The summed E-state index contributed by atoms with van der Waals surface area (Å²) in [5.74, 6) is 0. The molecule has 274 valence electrons. The van der Waals surface area contributed by atoms with Crippen LogP contribution in [-0.4, -0.2) is 62.8 Å². The van der Waals surface area contributed by atoms with Crippen molar-refractivity contribution in [1.29, 1.82) is 0 Å². The highest BCUT2D eigenvalue weighted by Gasteiger charge is 2.19. The molecule has 0 fully saturated rings. The van der Waals surface area contributed by atoms with Crippen LogP contribution < -0.4 is 21.2 Å². The SMILES string of the molecule is O=S(=O)=O.O=S(=O)=O.O=S(=O)=O.O=S(=O)=O.[C-]1=C\C=C/C=C\C=C/1.c1ccc(P(CCP(c2ccccc2)c2ccccc2)c2ccccc2)cc1. The van der Waals surface area contributed by atoms with Gasteiger partial charge in [0.2, 0.25) is 0 Å². The summed E-state index contributed by atoms with van der Waals surface area (Å²) in [6.07, 6.45) is 18.9. The van der Waals surface area contributed by atoms with Crippen molar-refractivity contribution in [2.45, 2.75) is 0 Å². The van der Waals surface area contributed by atoms with Gasteiger partial charge in [0.05, 0.1) is 0 Å². The molecule has 0 aromatic heterocycles. The molecule has 12 nitrogen and oxygen atoms in total. The Morgan fingerprint density at radius 1 is 0.346 bits per heavy atom. The highest BCUT2D eigenvalue weighted by Crippen LogP contribution is 2.41. The minimum atomic E-state index is -3.11. The lowest BCUT2D eigenvalue weighted by molar-refractivity contribution is 0.557. The average Bonchev–Trinajstić information content (AvgIpc) is 3.07. The van der Waals surface area contributed by atoms with Gasteiger partial charge in [0.1, 0.15) is 0 Å². The molecule has 1 aliphatic carbocycles. The number of rotatable bonds is 7. The summed E-state index contributed by atoms with van der Waals surface area (Å²) in [7, 11) is -13.1. The Hall–Kier alpha value is -4.82. The molecule has 0 radical (unpaired) electrons. The standard InChI is InChI=1S/C26H24P2.C8H7.4O3S/c1-5-13-23(14-6-1)27(24-15-7-2-8-16-24)21-22-28(25-17-9-3-10-18-25)26-19-11-4-12-20-26;1-2-4-6-8-7-5-3-1;4*1-4(2)3/h1-20H,21-22H2;1-7H;;;;/q;-1;;;;/b;2-1-,3-1?,4-2?,5-3-,6-4-,7-5?;;;;. The molecule has 0 aliphatic heterocycles. The predicted molar refractivity (Wildman–Crippen MR) is 202 cm³/mol. The van der Waals surface area contributed by atoms with E-state index in [0.717, 1.165) is 0 Å². The van der Waals surface area contributed by atoms with Crippen LogP contribution in [0.3, 0.4) is 0 Å². The lowest BCUT2D eigenvalue weighted by atomic mass is 10.3. The van der Waals surface area contributed by atoms with E-state index in [9.17, 15) is 0 Å². The lowest BCUT2D eigenvalue weighted by Gasteiger charge is -2.24. The Labute approximate surface area is 310 Å². The summed E-state index contributed by atoms with van der Waals surface area (Å²) < 4.78 is 101. The normalized spacial score (nSPS) is 12.7. The largest absolute Gasteiger partial charge is 0.425 e. The first kappa shape index (κ1) is 47.2. The van der Waals surface area contributed by atoms with Crippen LogP contribution in [-0.2, 0) is 42.4 Å². The monoisotopic (exact) mass is 821 g/mol. The molecule has 1 aliphatic rings. The van der Waals surface area contributed by atoms with Gasteiger partial charge in [-0.2, -0.15) is 30.4 Å². The highest BCUT2D eigenvalue weighted by atomic mass is 32.2. The van der Waals surface area contributed by atoms with Crippen LogP contribution in [0, 0.1) is 6.08 Å². The molecule has 0 saturated carbocycles. The Kier molecular flexibility index (Phi) is 28.1. The molecule has 52 heavy (non-hydrogen) atoms. The third-order valence-electron chi connectivity index (χ3n) is 5.65. The topological polar surface area (TPSA) is 205 Å². The summed E-state index contributed by atoms with van der Waals surface area (Å²) in [6, 6.07) is 44.2. The van der Waals surface area contributed by atoms with Crippen molar-refractivity contribution in [3.63, 3.8) is 0 Å². The first-order valence-corrected chi connectivity index (χ1v) is 21.3. The fraction of sp³-hybridized carbons (Fsp3) is 0.0588. The molecule has 0 heterocycles. The van der Waals surface area contributed by atoms with Crippen LogP contribution >= 0.6 is 15.8 Å². The third kappa shape index (κ3) is 27.9. The summed E-state index contributed by atoms with van der Waals surface area (Å²) in [5.41, 5.74) is 0. The van der Waals surface area contributed by atoms with Gasteiger partial charge in [-0.1, -0.05) is 127 Å². The minimum Gasteiger partial charge on any atom is -0.184 e. The second-order valence-corrected chi connectivity index (χ2v) is 15.2. The number of allylic oxidation sites excluding steroid dienone is 8. The van der Waals surface area contributed by atoms with Crippen molar-refractivity contribution in [2.75, 3.05) is 12.3 Å². The van der Waals surface area contributed by atoms with Crippen molar-refractivity contribution >= 4 is 79.5 Å². The second-order valence-electron chi connectivity index (χ2n) is 8.92. The van der Waals surface area contributed by atoms with E-state index in [0.29, 0.717) is 0 Å². The molecule has 0 saturated heterocycles. The zero-order valence-electron chi connectivity index (χ0n) is 26.9. The Morgan fingerprint density at radius 2 is 0.577 bits per heavy atom. The first-order valence-electron chi connectivity index (χ1n) is 14.2. The summed E-state index contributed by atoms with van der Waals surface area (Å²) in [5, 5.41) is 5.89. The highest BCUT2D eigenvalue weighted by molar-refractivity contribution is 7.76. The van der Waals surface area contributed by atoms with Crippen LogP contribution in [0.1, 0.15) is 0 Å². The van der Waals surface area contributed by atoms with Gasteiger partial charge in [-0.05, 0) is 49.4 Å². The Bertz CT molecular complexity index is 1810. The maximum atomic E-state index is 8.44. The predicted octanol–water partition coefficient (Wildman–Crippen LogP) is 3.26. The molecule has 5 rings (SSSR count). The fourth-order valence-electron chi connectivity index (χ4n) is 3.92. The molecule has 4 aromatic carbocycles. The minimum absolute atomic E-state index is 0.348. The lowest BCUT2D eigenvalue weighted by Crippen LogP contribution is -2.19. The average molecular weight is 822 g/mol. The maximum absolute atomic E-state index is 8.44. The van der Waals surface area contributed by atoms with Crippen molar-refractivity contribution in [3.8, 4) is 0 Å². The molecule has 4 aromatic rings. The van der Waals surface area contributed by atoms with Crippen molar-refractivity contribution in [1.82, 2.24) is 0 Å². The number of hydrogen-bond acceptors (Lipinski definition) is 12. The first-order chi connectivity index (χ1) is 24.8. The van der Waals surface area contributed by atoms with E-state index >= 15 is 0 Å². The van der Waals surface area contributed by atoms with Crippen molar-refractivity contribution < 1.29 is 50.5 Å². The Balaban J connectivity index is 0.000000879. The molecular weight excluding hydrogens is 791 g/mol. The van der Waals surface area contributed by atoms with E-state index in [1.165, 1.54) is 33.5 Å². The Morgan fingerprint density at radius 3 is 0.846 bits per heavy atom. The molecule has 0 spiro atoms. The van der Waals surface area contributed by atoms with E-state index in [4.69, 9.17) is 50.5 Å². The maximum Gasteiger partial charge on any atom is 0.425 e. The van der Waals surface area contributed by atoms with Gasteiger partial charge in [-0.3, -0.25) is 0 Å². The second kappa shape index (κ2) is 31.0.